The number of unbranched alkanes of at least 4 members (excludes halogenated alkanes) is 2. The first-order valence-electron chi connectivity index (χ1n) is 14.8. The van der Waals surface area contributed by atoms with Gasteiger partial charge in [-0.05, 0) is 78.8 Å². The maximum Gasteiger partial charge on any atom is 0.303 e. The summed E-state index contributed by atoms with van der Waals surface area (Å²) in [6.45, 7) is 4.94. The van der Waals surface area contributed by atoms with Crippen LogP contribution in [0, 0.1) is 0 Å². The molecule has 0 radical (unpaired) electrons. The molecule has 252 valence electrons. The van der Waals surface area contributed by atoms with Gasteiger partial charge in [-0.15, -0.1) is 0 Å². The number of amides is 6. The Morgan fingerprint density at radius 2 is 1.00 bits per heavy atom. The number of carbonyl (C=O) groups is 7. The van der Waals surface area contributed by atoms with Gasteiger partial charge in [0.1, 0.15) is 30.2 Å². The summed E-state index contributed by atoms with van der Waals surface area (Å²) in [5, 5.41) is 21.2. The van der Waals surface area contributed by atoms with E-state index < -0.39 is 77.7 Å². The van der Waals surface area contributed by atoms with Gasteiger partial charge in [0, 0.05) is 6.42 Å². The second-order valence-corrected chi connectivity index (χ2v) is 10.7. The van der Waals surface area contributed by atoms with Gasteiger partial charge in [-0.3, -0.25) is 33.6 Å². The predicted molar refractivity (Wildman–Crippen MR) is 161 cm³/mol. The van der Waals surface area contributed by atoms with E-state index >= 15 is 0 Å². The molecule has 44 heavy (non-hydrogen) atoms. The number of rotatable bonds is 23. The van der Waals surface area contributed by atoms with Crippen LogP contribution >= 0.6 is 0 Å². The Hall–Kier alpha value is -3.83. The highest BCUT2D eigenvalue weighted by Crippen LogP contribution is 2.05. The fourth-order valence-electron chi connectivity index (χ4n) is 3.90. The van der Waals surface area contributed by atoms with Crippen LogP contribution < -0.4 is 49.5 Å². The number of carboxylic acids is 1. The summed E-state index contributed by atoms with van der Waals surface area (Å²) >= 11 is 0. The lowest BCUT2D eigenvalue weighted by atomic mass is 10.1. The lowest BCUT2D eigenvalue weighted by Crippen LogP contribution is -2.58. The first kappa shape index (κ1) is 40.2. The van der Waals surface area contributed by atoms with Crippen molar-refractivity contribution >= 4 is 41.4 Å². The molecule has 6 amide bonds. The lowest BCUT2D eigenvalue weighted by Gasteiger charge is -2.24. The minimum atomic E-state index is -1.12. The molecule has 0 aromatic rings. The van der Waals surface area contributed by atoms with Crippen LogP contribution in [0.3, 0.4) is 0 Å². The molecule has 6 atom stereocenters. The molecule has 0 aliphatic rings. The van der Waals surface area contributed by atoms with Crippen molar-refractivity contribution in [1.29, 1.82) is 0 Å². The molecule has 17 heteroatoms. The number of carbonyl (C=O) groups excluding carboxylic acids is 6. The van der Waals surface area contributed by atoms with Crippen LogP contribution in [0.4, 0.5) is 0 Å². The van der Waals surface area contributed by atoms with Crippen LogP contribution in [-0.4, -0.2) is 95.9 Å². The number of hydrogen-bond acceptors (Lipinski definition) is 10. The molecule has 0 saturated heterocycles. The number of aliphatic carboxylic acids is 1. The van der Waals surface area contributed by atoms with E-state index in [1.54, 1.807) is 0 Å². The minimum Gasteiger partial charge on any atom is -0.481 e. The Morgan fingerprint density at radius 1 is 0.568 bits per heavy atom. The van der Waals surface area contributed by atoms with Crippen molar-refractivity contribution in [2.24, 2.45) is 22.9 Å². The maximum atomic E-state index is 13.0. The van der Waals surface area contributed by atoms with E-state index in [-0.39, 0.29) is 19.3 Å². The normalized spacial score (nSPS) is 15.0. The highest BCUT2D eigenvalue weighted by molar-refractivity contribution is 5.96. The summed E-state index contributed by atoms with van der Waals surface area (Å²) in [4.78, 5) is 85.8. The molecule has 0 saturated carbocycles. The summed E-state index contributed by atoms with van der Waals surface area (Å²) in [6.07, 6.45) is 2.84. The summed E-state index contributed by atoms with van der Waals surface area (Å²) < 4.78 is 0. The smallest absolute Gasteiger partial charge is 0.303 e. The van der Waals surface area contributed by atoms with Crippen molar-refractivity contribution in [3.8, 4) is 0 Å². The molecule has 0 bridgehead atoms. The van der Waals surface area contributed by atoms with Crippen molar-refractivity contribution in [1.82, 2.24) is 26.6 Å². The summed E-state index contributed by atoms with van der Waals surface area (Å²) in [7, 11) is 0. The number of nitrogens with one attached hydrogen (secondary N) is 5. The van der Waals surface area contributed by atoms with Crippen LogP contribution in [0.1, 0.15) is 78.6 Å². The van der Waals surface area contributed by atoms with Gasteiger partial charge >= 0.3 is 5.97 Å². The van der Waals surface area contributed by atoms with E-state index in [1.807, 2.05) is 0 Å². The van der Waals surface area contributed by atoms with Crippen LogP contribution in [-0.2, 0) is 33.6 Å². The molecule has 0 fully saturated rings. The topological polar surface area (TPSA) is 304 Å². The van der Waals surface area contributed by atoms with Gasteiger partial charge in [-0.2, -0.15) is 0 Å². The van der Waals surface area contributed by atoms with Crippen molar-refractivity contribution in [2.75, 3.05) is 13.1 Å². The quantitative estimate of drug-likeness (QED) is 0.0502. The van der Waals surface area contributed by atoms with E-state index in [9.17, 15) is 33.6 Å². The molecule has 0 aliphatic carbocycles. The average Bonchev–Trinajstić information content (AvgIpc) is 2.95. The van der Waals surface area contributed by atoms with Crippen LogP contribution in [0.5, 0.6) is 0 Å². The third-order valence-electron chi connectivity index (χ3n) is 6.69. The zero-order chi connectivity index (χ0) is 33.8. The molecule has 0 spiro atoms. The molecule has 0 rings (SSSR count). The Morgan fingerprint density at radius 3 is 1.50 bits per heavy atom. The lowest BCUT2D eigenvalue weighted by molar-refractivity contribution is -0.137. The van der Waals surface area contributed by atoms with Gasteiger partial charge in [-0.25, -0.2) is 0 Å². The van der Waals surface area contributed by atoms with Crippen molar-refractivity contribution in [2.45, 2.75) is 115 Å². The average molecular weight is 630 g/mol. The van der Waals surface area contributed by atoms with Gasteiger partial charge in [0.2, 0.25) is 35.4 Å². The summed E-state index contributed by atoms with van der Waals surface area (Å²) in [5.74, 6) is -5.03. The minimum absolute atomic E-state index is 0.0903. The third-order valence-corrected chi connectivity index (χ3v) is 6.69. The Kier molecular flexibility index (Phi) is 19.9. The van der Waals surface area contributed by atoms with Crippen LogP contribution in [0.2, 0.25) is 0 Å². The molecule has 17 nitrogen and oxygen atoms in total. The van der Waals surface area contributed by atoms with Crippen molar-refractivity contribution in [3.05, 3.63) is 0 Å². The SMILES string of the molecule is C[C@H](NC(=O)[C@@H](N)CCCN)C(=O)N[C@@H](CCCCN)C(=O)N[C@H](C)C(=O)N[C@@H](C)C(=O)N[C@@H](CCCCC(=O)O)C(N)=O. The van der Waals surface area contributed by atoms with E-state index in [2.05, 4.69) is 26.6 Å². The van der Waals surface area contributed by atoms with E-state index in [1.165, 1.54) is 20.8 Å². The number of carboxylic acid groups (broad SMARTS) is 1. The van der Waals surface area contributed by atoms with Crippen LogP contribution in [0.25, 0.3) is 0 Å². The predicted octanol–water partition coefficient (Wildman–Crippen LogP) is -3.20. The number of primary amides is 1. The third kappa shape index (κ3) is 16.7. The number of nitrogens with two attached hydrogens (primary N) is 4. The molecule has 0 aromatic heterocycles. The largest absolute Gasteiger partial charge is 0.481 e. The fraction of sp³-hybridized carbons (Fsp3) is 0.741. The molecular weight excluding hydrogens is 578 g/mol. The van der Waals surface area contributed by atoms with Gasteiger partial charge in [-0.1, -0.05) is 6.42 Å². The highest BCUT2D eigenvalue weighted by atomic mass is 16.4. The summed E-state index contributed by atoms with van der Waals surface area (Å²) in [6, 6.07) is -6.17. The Balaban J connectivity index is 5.14. The van der Waals surface area contributed by atoms with Crippen molar-refractivity contribution in [3.63, 3.8) is 0 Å². The highest BCUT2D eigenvalue weighted by Gasteiger charge is 2.29. The van der Waals surface area contributed by atoms with Gasteiger partial charge < -0.3 is 54.6 Å². The Labute approximate surface area is 257 Å². The van der Waals surface area contributed by atoms with Gasteiger partial charge in [0.15, 0.2) is 0 Å². The maximum absolute atomic E-state index is 13.0. The van der Waals surface area contributed by atoms with E-state index in [4.69, 9.17) is 28.0 Å². The summed E-state index contributed by atoms with van der Waals surface area (Å²) in [5.41, 5.74) is 22.1. The Bertz CT molecular complexity index is 981. The number of hydrogen-bond donors (Lipinski definition) is 10. The van der Waals surface area contributed by atoms with E-state index in [0.29, 0.717) is 51.6 Å². The standard InChI is InChI=1S/C27H51N9O8/c1-15(23(40)32-16(2)24(41)35-19(22(31)39)10-4-5-12-21(37)38)34-27(44)20(11-6-7-13-28)36-25(42)17(3)33-26(43)18(30)9-8-14-29/h15-20H,4-14,28-30H2,1-3H3,(H2,31,39)(H,32,40)(H,33,43)(H,34,44)(H,35,41)(H,36,42)(H,37,38)/t15-,16+,17+,18+,19+,20+/m1/s1. The second-order valence-electron chi connectivity index (χ2n) is 10.7. The molecule has 14 N–H and O–H groups in total. The van der Waals surface area contributed by atoms with Crippen molar-refractivity contribution < 1.29 is 38.7 Å². The molecule has 0 heterocycles. The molecule has 0 aromatic carbocycles. The fourth-order valence-corrected chi connectivity index (χ4v) is 3.90. The van der Waals surface area contributed by atoms with Gasteiger partial charge in [0.25, 0.3) is 0 Å². The first-order chi connectivity index (χ1) is 20.6. The molecule has 0 aliphatic heterocycles. The zero-order valence-corrected chi connectivity index (χ0v) is 25.9. The van der Waals surface area contributed by atoms with Gasteiger partial charge in [0.05, 0.1) is 6.04 Å². The molecular formula is C27H51N9O8. The zero-order valence-electron chi connectivity index (χ0n) is 25.9. The second kappa shape index (κ2) is 21.8. The first-order valence-corrected chi connectivity index (χ1v) is 14.8. The van der Waals surface area contributed by atoms with Crippen LogP contribution in [0.15, 0.2) is 0 Å². The molecule has 0 unspecified atom stereocenters. The monoisotopic (exact) mass is 629 g/mol. The van der Waals surface area contributed by atoms with E-state index in [0.717, 1.165) is 0 Å².